The van der Waals surface area contributed by atoms with Crippen molar-refractivity contribution in [3.63, 3.8) is 0 Å². The fourth-order valence-electron chi connectivity index (χ4n) is 5.86. The Morgan fingerprint density at radius 1 is 0.913 bits per heavy atom. The Kier molecular flexibility index (Phi) is 8.09. The Morgan fingerprint density at radius 3 is 2.54 bits per heavy atom. The van der Waals surface area contributed by atoms with Gasteiger partial charge in [0.05, 0.1) is 27.7 Å². The van der Waals surface area contributed by atoms with Crippen LogP contribution in [0.3, 0.4) is 0 Å². The highest BCUT2D eigenvalue weighted by Gasteiger charge is 2.24. The highest BCUT2D eigenvalue weighted by Crippen LogP contribution is 2.34. The van der Waals surface area contributed by atoms with Crippen LogP contribution in [-0.2, 0) is 0 Å². The number of anilines is 4. The molecule has 0 saturated carbocycles. The number of carbonyl (C=O) groups excluding carboxylic acids is 1. The third-order valence-corrected chi connectivity index (χ3v) is 8.65. The number of amides is 1. The zero-order chi connectivity index (χ0) is 31.6. The number of pyridine rings is 1. The molecule has 3 aromatic heterocycles. The van der Waals surface area contributed by atoms with E-state index >= 15 is 0 Å². The molecule has 1 atom stereocenters. The molecule has 1 saturated heterocycles. The van der Waals surface area contributed by atoms with Gasteiger partial charge in [0.2, 0.25) is 5.95 Å². The number of imidazole rings is 1. The van der Waals surface area contributed by atoms with E-state index in [1.807, 2.05) is 59.1 Å². The van der Waals surface area contributed by atoms with Crippen molar-refractivity contribution >= 4 is 46.2 Å². The predicted molar refractivity (Wildman–Crippen MR) is 185 cm³/mol. The van der Waals surface area contributed by atoms with Gasteiger partial charge in [0, 0.05) is 54.2 Å². The third kappa shape index (κ3) is 6.02. The number of aromatic nitrogens is 4. The fraction of sp³-hybridized carbons (Fsp3) is 0.167. The molecule has 2 N–H and O–H groups in total. The molecular formula is C36H33ClN8O. The van der Waals surface area contributed by atoms with E-state index in [9.17, 15) is 4.79 Å². The SMILES string of the molecule is CN(C)C1CCN(c2ccc(Nc3nccc(-c4c(-c5cccc(NC(=O)c6ccccc6Cl)c5)nc5ccccn45)n3)cc2)C1. The standard InChI is InChI=1S/C36H33ClN8O/c1-43(2)28-18-21-44(23-28)27-15-13-25(14-16-27)40-36-38-19-17-31(41-36)34-33(42-32-12-5-6-20-45(32)34)24-8-7-9-26(22-24)39-35(46)29-10-3-4-11-30(29)37/h3-17,19-20,22,28H,18,21,23H2,1-2H3,(H,39,46)(H,38,40,41). The van der Waals surface area contributed by atoms with E-state index in [1.165, 1.54) is 12.1 Å². The lowest BCUT2D eigenvalue weighted by Gasteiger charge is -2.22. The molecule has 10 heteroatoms. The molecule has 9 nitrogen and oxygen atoms in total. The van der Waals surface area contributed by atoms with Crippen molar-refractivity contribution in [1.29, 1.82) is 0 Å². The Morgan fingerprint density at radius 2 is 1.74 bits per heavy atom. The van der Waals surface area contributed by atoms with Crippen LogP contribution in [0.15, 0.2) is 109 Å². The first kappa shape index (κ1) is 29.5. The Labute approximate surface area is 272 Å². The van der Waals surface area contributed by atoms with Gasteiger partial charge in [-0.05, 0) is 87.2 Å². The van der Waals surface area contributed by atoms with E-state index in [4.69, 9.17) is 21.6 Å². The molecule has 0 radical (unpaired) electrons. The quantitative estimate of drug-likeness (QED) is 0.183. The van der Waals surface area contributed by atoms with Gasteiger partial charge in [0.1, 0.15) is 5.65 Å². The van der Waals surface area contributed by atoms with Crippen LogP contribution in [-0.4, -0.2) is 63.4 Å². The summed E-state index contributed by atoms with van der Waals surface area (Å²) in [5.74, 6) is 0.201. The van der Waals surface area contributed by atoms with Crippen LogP contribution in [0.25, 0.3) is 28.3 Å². The van der Waals surface area contributed by atoms with Crippen molar-refractivity contribution in [1.82, 2.24) is 24.3 Å². The molecular weight excluding hydrogens is 596 g/mol. The molecule has 1 aliphatic heterocycles. The number of likely N-dealkylation sites (N-methyl/N-ethyl adjacent to an activating group) is 1. The van der Waals surface area contributed by atoms with Gasteiger partial charge in [0.25, 0.3) is 5.91 Å². The van der Waals surface area contributed by atoms with E-state index in [0.717, 1.165) is 41.4 Å². The second-order valence-corrected chi connectivity index (χ2v) is 11.9. The smallest absolute Gasteiger partial charge is 0.257 e. The first-order valence-electron chi connectivity index (χ1n) is 15.2. The molecule has 6 aromatic rings. The molecule has 7 rings (SSSR count). The maximum atomic E-state index is 13.0. The van der Waals surface area contributed by atoms with Crippen molar-refractivity contribution in [2.45, 2.75) is 12.5 Å². The van der Waals surface area contributed by atoms with Crippen LogP contribution in [0.2, 0.25) is 5.02 Å². The molecule has 3 aromatic carbocycles. The second-order valence-electron chi connectivity index (χ2n) is 11.5. The average molecular weight is 629 g/mol. The molecule has 1 amide bonds. The van der Waals surface area contributed by atoms with Gasteiger partial charge in [-0.1, -0.05) is 41.9 Å². The third-order valence-electron chi connectivity index (χ3n) is 8.32. The van der Waals surface area contributed by atoms with E-state index in [-0.39, 0.29) is 5.91 Å². The minimum absolute atomic E-state index is 0.282. The van der Waals surface area contributed by atoms with Crippen LogP contribution in [0.4, 0.5) is 23.0 Å². The summed E-state index contributed by atoms with van der Waals surface area (Å²) >= 11 is 6.26. The monoisotopic (exact) mass is 628 g/mol. The van der Waals surface area contributed by atoms with Crippen molar-refractivity contribution in [3.05, 3.63) is 120 Å². The number of halogens is 1. The number of nitrogens with zero attached hydrogens (tertiary/aromatic N) is 6. The minimum atomic E-state index is -0.282. The number of carbonyl (C=O) groups is 1. The molecule has 1 fully saturated rings. The summed E-state index contributed by atoms with van der Waals surface area (Å²) in [5.41, 5.74) is 7.02. The lowest BCUT2D eigenvalue weighted by atomic mass is 10.1. The summed E-state index contributed by atoms with van der Waals surface area (Å²) < 4.78 is 2.02. The lowest BCUT2D eigenvalue weighted by Crippen LogP contribution is -2.31. The van der Waals surface area contributed by atoms with Gasteiger partial charge >= 0.3 is 0 Å². The molecule has 1 unspecified atom stereocenters. The summed E-state index contributed by atoms with van der Waals surface area (Å²) in [4.78, 5) is 32.1. The fourth-order valence-corrected chi connectivity index (χ4v) is 6.08. The van der Waals surface area contributed by atoms with Gasteiger partial charge in [-0.3, -0.25) is 9.20 Å². The molecule has 4 heterocycles. The van der Waals surface area contributed by atoms with Gasteiger partial charge in [0.15, 0.2) is 0 Å². The Hall–Kier alpha value is -5.25. The van der Waals surface area contributed by atoms with Crippen LogP contribution >= 0.6 is 11.6 Å². The van der Waals surface area contributed by atoms with Crippen LogP contribution in [0.5, 0.6) is 0 Å². The first-order chi connectivity index (χ1) is 22.4. The first-order valence-corrected chi connectivity index (χ1v) is 15.6. The topological polar surface area (TPSA) is 90.7 Å². The maximum Gasteiger partial charge on any atom is 0.257 e. The van der Waals surface area contributed by atoms with Crippen molar-refractivity contribution < 1.29 is 4.79 Å². The van der Waals surface area contributed by atoms with E-state index < -0.39 is 0 Å². The van der Waals surface area contributed by atoms with Crippen molar-refractivity contribution in [2.24, 2.45) is 0 Å². The number of rotatable bonds is 8. The van der Waals surface area contributed by atoms with Gasteiger partial charge in [-0.25, -0.2) is 15.0 Å². The van der Waals surface area contributed by atoms with E-state index in [2.05, 4.69) is 63.8 Å². The number of nitrogens with one attached hydrogen (secondary N) is 2. The molecule has 1 aliphatic rings. The van der Waals surface area contributed by atoms with Gasteiger partial charge in [-0.2, -0.15) is 0 Å². The second kappa shape index (κ2) is 12.6. The Balaban J connectivity index is 1.17. The highest BCUT2D eigenvalue weighted by molar-refractivity contribution is 6.34. The lowest BCUT2D eigenvalue weighted by molar-refractivity contribution is 0.102. The van der Waals surface area contributed by atoms with E-state index in [1.54, 1.807) is 30.5 Å². The largest absolute Gasteiger partial charge is 0.370 e. The number of benzene rings is 3. The molecule has 230 valence electrons. The maximum absolute atomic E-state index is 13.0. The highest BCUT2D eigenvalue weighted by atomic mass is 35.5. The predicted octanol–water partition coefficient (Wildman–Crippen LogP) is 7.25. The summed E-state index contributed by atoms with van der Waals surface area (Å²) in [7, 11) is 4.29. The normalized spacial score (nSPS) is 14.6. The van der Waals surface area contributed by atoms with Gasteiger partial charge in [-0.15, -0.1) is 0 Å². The summed E-state index contributed by atoms with van der Waals surface area (Å²) in [5, 5.41) is 6.74. The number of hydrogen-bond acceptors (Lipinski definition) is 7. The molecule has 0 aliphatic carbocycles. The molecule has 0 spiro atoms. The summed E-state index contributed by atoms with van der Waals surface area (Å²) in [6.45, 7) is 2.09. The number of fused-ring (bicyclic) bond motifs is 1. The van der Waals surface area contributed by atoms with Gasteiger partial charge < -0.3 is 20.4 Å². The Bertz CT molecular complexity index is 2020. The summed E-state index contributed by atoms with van der Waals surface area (Å²) in [6, 6.07) is 31.3. The molecule has 0 bridgehead atoms. The summed E-state index contributed by atoms with van der Waals surface area (Å²) in [6.07, 6.45) is 4.88. The van der Waals surface area contributed by atoms with Crippen LogP contribution in [0.1, 0.15) is 16.8 Å². The van der Waals surface area contributed by atoms with Crippen molar-refractivity contribution in [2.75, 3.05) is 42.7 Å². The van der Waals surface area contributed by atoms with E-state index in [0.29, 0.717) is 34.0 Å². The minimum Gasteiger partial charge on any atom is -0.370 e. The molecule has 46 heavy (non-hydrogen) atoms. The average Bonchev–Trinajstić information content (AvgIpc) is 3.72. The number of hydrogen-bond donors (Lipinski definition) is 2. The van der Waals surface area contributed by atoms with Crippen LogP contribution in [0, 0.1) is 0 Å². The van der Waals surface area contributed by atoms with Crippen molar-refractivity contribution in [3.8, 4) is 22.6 Å². The zero-order valence-corrected chi connectivity index (χ0v) is 26.3. The van der Waals surface area contributed by atoms with Crippen LogP contribution < -0.4 is 15.5 Å². The zero-order valence-electron chi connectivity index (χ0n) is 25.6.